The fourth-order valence-corrected chi connectivity index (χ4v) is 1.60. The Morgan fingerprint density at radius 1 is 1.40 bits per heavy atom. The second-order valence-electron chi connectivity index (χ2n) is 3.09. The molecule has 4 nitrogen and oxygen atoms in total. The van der Waals surface area contributed by atoms with E-state index in [4.69, 9.17) is 5.73 Å². The van der Waals surface area contributed by atoms with Crippen LogP contribution in [-0.4, -0.2) is 17.9 Å². The van der Waals surface area contributed by atoms with E-state index in [0.29, 0.717) is 6.54 Å². The van der Waals surface area contributed by atoms with E-state index in [1.165, 1.54) is 12.7 Å². The van der Waals surface area contributed by atoms with Crippen molar-refractivity contribution >= 4 is 17.0 Å². The summed E-state index contributed by atoms with van der Waals surface area (Å²) in [5.41, 5.74) is 7.44. The van der Waals surface area contributed by atoms with Crippen molar-refractivity contribution in [3.05, 3.63) is 29.8 Å². The van der Waals surface area contributed by atoms with Gasteiger partial charge in [-0.2, -0.15) is 0 Å². The van der Waals surface area contributed by atoms with Gasteiger partial charge in [-0.1, -0.05) is 12.1 Å². The monoisotopic (exact) mass is 228 g/mol. The predicted molar refractivity (Wildman–Crippen MR) is 62.6 cm³/mol. The first kappa shape index (κ1) is 12.2. The van der Waals surface area contributed by atoms with Crippen LogP contribution in [0.2, 0.25) is 0 Å². The molecule has 0 radical (unpaired) electrons. The van der Waals surface area contributed by atoms with Crippen LogP contribution in [0.1, 0.15) is 12.0 Å². The standard InChI is InChI=1S/C10H16N2O2S/c1-14-15(13)12-10-6-4-9(5-7-10)3-2-8-11/h4-7,12H,2-3,8,11H2,1H3. The lowest BCUT2D eigenvalue weighted by Crippen LogP contribution is -2.05. The fourth-order valence-electron chi connectivity index (χ4n) is 1.18. The van der Waals surface area contributed by atoms with Gasteiger partial charge in [0.05, 0.1) is 7.11 Å². The van der Waals surface area contributed by atoms with E-state index in [-0.39, 0.29) is 0 Å². The van der Waals surface area contributed by atoms with Crippen molar-refractivity contribution in [1.29, 1.82) is 0 Å². The molecule has 0 aliphatic carbocycles. The molecule has 1 aromatic carbocycles. The number of anilines is 1. The SMILES string of the molecule is COS(=O)Nc1ccc(CCCN)cc1. The Balaban J connectivity index is 2.52. The molecule has 0 aliphatic heterocycles. The molecular weight excluding hydrogens is 212 g/mol. The molecule has 0 saturated heterocycles. The summed E-state index contributed by atoms with van der Waals surface area (Å²) in [6, 6.07) is 7.74. The van der Waals surface area contributed by atoms with E-state index in [1.807, 2.05) is 24.3 Å². The highest BCUT2D eigenvalue weighted by Gasteiger charge is 1.98. The smallest absolute Gasteiger partial charge is 0.261 e. The zero-order valence-corrected chi connectivity index (χ0v) is 9.55. The molecule has 0 saturated carbocycles. The lowest BCUT2D eigenvalue weighted by molar-refractivity contribution is 0.449. The van der Waals surface area contributed by atoms with Gasteiger partial charge in [-0.25, -0.2) is 4.21 Å². The second-order valence-corrected chi connectivity index (χ2v) is 4.10. The molecule has 0 aromatic heterocycles. The van der Waals surface area contributed by atoms with Crippen LogP contribution in [0.4, 0.5) is 5.69 Å². The van der Waals surface area contributed by atoms with Gasteiger partial charge in [0.1, 0.15) is 0 Å². The molecule has 3 N–H and O–H groups in total. The number of aryl methyl sites for hydroxylation is 1. The normalized spacial score (nSPS) is 12.4. The quantitative estimate of drug-likeness (QED) is 0.769. The van der Waals surface area contributed by atoms with Crippen LogP contribution >= 0.6 is 0 Å². The van der Waals surface area contributed by atoms with Crippen molar-refractivity contribution in [2.24, 2.45) is 5.73 Å². The van der Waals surface area contributed by atoms with Crippen molar-refractivity contribution in [2.45, 2.75) is 12.8 Å². The summed E-state index contributed by atoms with van der Waals surface area (Å²) < 4.78 is 18.3. The maximum Gasteiger partial charge on any atom is 0.261 e. The van der Waals surface area contributed by atoms with Crippen LogP contribution in [0.25, 0.3) is 0 Å². The zero-order valence-electron chi connectivity index (χ0n) is 8.73. The van der Waals surface area contributed by atoms with E-state index >= 15 is 0 Å². The van der Waals surface area contributed by atoms with E-state index in [1.54, 1.807) is 0 Å². The molecule has 0 heterocycles. The number of rotatable bonds is 6. The van der Waals surface area contributed by atoms with E-state index in [2.05, 4.69) is 8.91 Å². The molecule has 5 heteroatoms. The number of hydrogen-bond acceptors (Lipinski definition) is 3. The lowest BCUT2D eigenvalue weighted by Gasteiger charge is -2.04. The van der Waals surface area contributed by atoms with Crippen LogP contribution in [0.5, 0.6) is 0 Å². The van der Waals surface area contributed by atoms with E-state index < -0.39 is 11.3 Å². The van der Waals surface area contributed by atoms with Crippen LogP contribution < -0.4 is 10.5 Å². The Bertz CT molecular complexity index is 314. The van der Waals surface area contributed by atoms with Gasteiger partial charge in [0.15, 0.2) is 0 Å². The second kappa shape index (κ2) is 6.55. The average Bonchev–Trinajstić information content (AvgIpc) is 2.28. The van der Waals surface area contributed by atoms with Crippen LogP contribution in [0.15, 0.2) is 24.3 Å². The Morgan fingerprint density at radius 3 is 2.60 bits per heavy atom. The van der Waals surface area contributed by atoms with Crippen molar-refractivity contribution in [1.82, 2.24) is 0 Å². The molecule has 1 rings (SSSR count). The topological polar surface area (TPSA) is 64.3 Å². The van der Waals surface area contributed by atoms with Gasteiger partial charge in [0.2, 0.25) is 0 Å². The highest BCUT2D eigenvalue weighted by atomic mass is 32.2. The average molecular weight is 228 g/mol. The van der Waals surface area contributed by atoms with E-state index in [0.717, 1.165) is 18.5 Å². The number of benzene rings is 1. The van der Waals surface area contributed by atoms with Crippen molar-refractivity contribution in [2.75, 3.05) is 18.4 Å². The molecule has 0 spiro atoms. The Morgan fingerprint density at radius 2 is 2.07 bits per heavy atom. The molecule has 84 valence electrons. The highest BCUT2D eigenvalue weighted by Crippen LogP contribution is 2.11. The predicted octanol–water partition coefficient (Wildman–Crippen LogP) is 1.21. The Hall–Kier alpha value is -0.910. The number of nitrogens with one attached hydrogen (secondary N) is 1. The third-order valence-electron chi connectivity index (χ3n) is 1.98. The largest absolute Gasteiger partial charge is 0.330 e. The summed E-state index contributed by atoms with van der Waals surface area (Å²) in [6.07, 6.45) is 1.96. The summed E-state index contributed by atoms with van der Waals surface area (Å²) in [5, 5.41) is 0. The van der Waals surface area contributed by atoms with Crippen molar-refractivity contribution < 1.29 is 8.39 Å². The zero-order chi connectivity index (χ0) is 11.1. The maximum atomic E-state index is 11.0. The molecule has 0 amide bonds. The molecule has 0 aliphatic rings. The third-order valence-corrected chi connectivity index (χ3v) is 2.68. The van der Waals surface area contributed by atoms with Crippen molar-refractivity contribution in [3.63, 3.8) is 0 Å². The summed E-state index contributed by atoms with van der Waals surface area (Å²) in [7, 11) is 1.39. The molecule has 0 bridgehead atoms. The van der Waals surface area contributed by atoms with Gasteiger partial charge in [-0.3, -0.25) is 8.91 Å². The molecule has 1 unspecified atom stereocenters. The van der Waals surface area contributed by atoms with Gasteiger partial charge in [-0.05, 0) is 37.1 Å². The first-order valence-electron chi connectivity index (χ1n) is 4.78. The minimum absolute atomic E-state index is 0.702. The molecule has 0 fully saturated rings. The van der Waals surface area contributed by atoms with Gasteiger partial charge < -0.3 is 5.73 Å². The van der Waals surface area contributed by atoms with Crippen LogP contribution in [0, 0.1) is 0 Å². The lowest BCUT2D eigenvalue weighted by atomic mass is 10.1. The Kier molecular flexibility index (Phi) is 5.31. The summed E-state index contributed by atoms with van der Waals surface area (Å²) >= 11 is -1.46. The van der Waals surface area contributed by atoms with E-state index in [9.17, 15) is 4.21 Å². The third kappa shape index (κ3) is 4.42. The van der Waals surface area contributed by atoms with Crippen molar-refractivity contribution in [3.8, 4) is 0 Å². The Labute approximate surface area is 92.6 Å². The summed E-state index contributed by atoms with van der Waals surface area (Å²) in [5.74, 6) is 0. The van der Waals surface area contributed by atoms with Gasteiger partial charge in [0, 0.05) is 5.69 Å². The highest BCUT2D eigenvalue weighted by molar-refractivity contribution is 7.81. The number of nitrogens with two attached hydrogens (primary N) is 1. The molecule has 1 atom stereocenters. The fraction of sp³-hybridized carbons (Fsp3) is 0.400. The molecule has 1 aromatic rings. The van der Waals surface area contributed by atoms with Gasteiger partial charge in [-0.15, -0.1) is 0 Å². The van der Waals surface area contributed by atoms with Crippen LogP contribution in [0.3, 0.4) is 0 Å². The van der Waals surface area contributed by atoms with Crippen LogP contribution in [-0.2, 0) is 21.9 Å². The minimum Gasteiger partial charge on any atom is -0.330 e. The molecule has 15 heavy (non-hydrogen) atoms. The van der Waals surface area contributed by atoms with Gasteiger partial charge >= 0.3 is 0 Å². The molecular formula is C10H16N2O2S. The maximum absolute atomic E-state index is 11.0. The minimum atomic E-state index is -1.46. The number of hydrogen-bond donors (Lipinski definition) is 2. The summed E-state index contributed by atoms with van der Waals surface area (Å²) in [4.78, 5) is 0. The first-order valence-corrected chi connectivity index (χ1v) is 5.85. The van der Waals surface area contributed by atoms with Gasteiger partial charge in [0.25, 0.3) is 11.3 Å². The first-order chi connectivity index (χ1) is 7.26. The summed E-state index contributed by atoms with van der Waals surface area (Å²) in [6.45, 7) is 0.702.